The summed E-state index contributed by atoms with van der Waals surface area (Å²) in [5.41, 5.74) is -0.736. The fraction of sp³-hybridized carbons (Fsp3) is 0.786. The number of ether oxygens (including phenoxy) is 1. The summed E-state index contributed by atoms with van der Waals surface area (Å²) in [6.07, 6.45) is 4.57. The Kier molecular flexibility index (Phi) is 5.69. The van der Waals surface area contributed by atoms with Crippen LogP contribution in [0.3, 0.4) is 0 Å². The Morgan fingerprint density at radius 3 is 2.95 bits per heavy atom. The van der Waals surface area contributed by atoms with Crippen LogP contribution in [-0.4, -0.2) is 46.5 Å². The highest BCUT2D eigenvalue weighted by molar-refractivity contribution is 5.72. The van der Waals surface area contributed by atoms with Gasteiger partial charge in [0.05, 0.1) is 18.1 Å². The average molecular weight is 297 g/mol. The Labute approximate surface area is 124 Å². The first-order valence-electron chi connectivity index (χ1n) is 7.48. The van der Waals surface area contributed by atoms with Gasteiger partial charge in [-0.1, -0.05) is 5.16 Å². The lowest BCUT2D eigenvalue weighted by molar-refractivity contribution is -0.151. The molecule has 118 valence electrons. The summed E-state index contributed by atoms with van der Waals surface area (Å²) in [6.45, 7) is 3.42. The van der Waals surface area contributed by atoms with Crippen molar-refractivity contribution < 1.29 is 19.2 Å². The van der Waals surface area contributed by atoms with Gasteiger partial charge in [-0.25, -0.2) is 0 Å². The van der Waals surface area contributed by atoms with Crippen LogP contribution in [0.25, 0.3) is 0 Å². The number of carbonyl (C=O) groups is 1. The van der Waals surface area contributed by atoms with Crippen molar-refractivity contribution in [3.8, 4) is 0 Å². The summed E-state index contributed by atoms with van der Waals surface area (Å²) in [5, 5.41) is 17.4. The summed E-state index contributed by atoms with van der Waals surface area (Å²) < 4.78 is 9.68. The van der Waals surface area contributed by atoms with E-state index in [1.54, 1.807) is 0 Å². The van der Waals surface area contributed by atoms with Crippen molar-refractivity contribution in [1.29, 1.82) is 0 Å². The topological polar surface area (TPSA) is 97.5 Å². The standard InChI is InChI=1S/C14H23N3O4/c1-2-20-13(18)11-3-6-14(19,7-4-11)9-15-8-5-12-16-10-21-17-12/h10-11,15,19H,2-9H2,1H3. The van der Waals surface area contributed by atoms with Crippen LogP contribution in [0.4, 0.5) is 0 Å². The van der Waals surface area contributed by atoms with Gasteiger partial charge in [-0.3, -0.25) is 4.79 Å². The maximum atomic E-state index is 11.7. The molecule has 2 rings (SSSR count). The van der Waals surface area contributed by atoms with Gasteiger partial charge in [0, 0.05) is 19.5 Å². The van der Waals surface area contributed by atoms with E-state index >= 15 is 0 Å². The molecular weight excluding hydrogens is 274 g/mol. The van der Waals surface area contributed by atoms with Crippen LogP contribution in [0.5, 0.6) is 0 Å². The summed E-state index contributed by atoms with van der Waals surface area (Å²) >= 11 is 0. The van der Waals surface area contributed by atoms with Crippen LogP contribution in [0, 0.1) is 5.92 Å². The maximum Gasteiger partial charge on any atom is 0.308 e. The highest BCUT2D eigenvalue weighted by atomic mass is 16.5. The van der Waals surface area contributed by atoms with E-state index in [1.165, 1.54) is 6.39 Å². The normalized spacial score (nSPS) is 25.7. The van der Waals surface area contributed by atoms with E-state index in [1.807, 2.05) is 6.92 Å². The third-order valence-electron chi connectivity index (χ3n) is 3.92. The second-order valence-corrected chi connectivity index (χ2v) is 5.52. The smallest absolute Gasteiger partial charge is 0.308 e. The van der Waals surface area contributed by atoms with Crippen molar-refractivity contribution in [2.75, 3.05) is 19.7 Å². The number of hydrogen-bond acceptors (Lipinski definition) is 7. The van der Waals surface area contributed by atoms with Crippen molar-refractivity contribution in [1.82, 2.24) is 15.5 Å². The van der Waals surface area contributed by atoms with Crippen LogP contribution < -0.4 is 5.32 Å². The molecule has 0 saturated heterocycles. The van der Waals surface area contributed by atoms with Crippen LogP contribution in [-0.2, 0) is 16.0 Å². The fourth-order valence-corrected chi connectivity index (χ4v) is 2.65. The Morgan fingerprint density at radius 2 is 2.33 bits per heavy atom. The molecule has 2 N–H and O–H groups in total. The van der Waals surface area contributed by atoms with Gasteiger partial charge < -0.3 is 19.7 Å². The first-order chi connectivity index (χ1) is 10.1. The number of esters is 1. The molecule has 21 heavy (non-hydrogen) atoms. The Hall–Kier alpha value is -1.47. The molecule has 0 aromatic carbocycles. The van der Waals surface area contributed by atoms with E-state index in [2.05, 4.69) is 20.0 Å². The van der Waals surface area contributed by atoms with Gasteiger partial charge in [-0.15, -0.1) is 0 Å². The molecule has 0 atom stereocenters. The molecule has 1 aromatic heterocycles. The van der Waals surface area contributed by atoms with Crippen LogP contribution in [0.2, 0.25) is 0 Å². The Morgan fingerprint density at radius 1 is 1.57 bits per heavy atom. The largest absolute Gasteiger partial charge is 0.466 e. The highest BCUT2D eigenvalue weighted by Crippen LogP contribution is 2.32. The zero-order chi connectivity index (χ0) is 15.1. The Bertz CT molecular complexity index is 427. The number of aromatic nitrogens is 2. The number of nitrogens with one attached hydrogen (secondary N) is 1. The number of rotatable bonds is 7. The fourth-order valence-electron chi connectivity index (χ4n) is 2.65. The van der Waals surface area contributed by atoms with E-state index in [-0.39, 0.29) is 11.9 Å². The second kappa shape index (κ2) is 7.51. The SMILES string of the molecule is CCOC(=O)C1CCC(O)(CNCCc2ncon2)CC1. The van der Waals surface area contributed by atoms with Crippen molar-refractivity contribution >= 4 is 5.97 Å². The van der Waals surface area contributed by atoms with Crippen LogP contribution in [0.15, 0.2) is 10.9 Å². The zero-order valence-electron chi connectivity index (χ0n) is 12.4. The van der Waals surface area contributed by atoms with Crippen molar-refractivity contribution in [3.63, 3.8) is 0 Å². The minimum atomic E-state index is -0.736. The minimum absolute atomic E-state index is 0.0652. The van der Waals surface area contributed by atoms with Gasteiger partial charge in [0.2, 0.25) is 6.39 Å². The predicted octanol–water partition coefficient (Wildman–Crippen LogP) is 0.686. The number of carbonyl (C=O) groups excluding carboxylic acids is 1. The molecule has 7 nitrogen and oxygen atoms in total. The molecule has 7 heteroatoms. The number of hydrogen-bond donors (Lipinski definition) is 2. The highest BCUT2D eigenvalue weighted by Gasteiger charge is 2.35. The van der Waals surface area contributed by atoms with Crippen LogP contribution in [0.1, 0.15) is 38.4 Å². The summed E-state index contributed by atoms with van der Waals surface area (Å²) in [5.74, 6) is 0.453. The van der Waals surface area contributed by atoms with Gasteiger partial charge in [0.1, 0.15) is 0 Å². The quantitative estimate of drug-likeness (QED) is 0.564. The molecule has 1 aliphatic carbocycles. The van der Waals surface area contributed by atoms with Crippen molar-refractivity contribution in [2.24, 2.45) is 5.92 Å². The molecule has 0 aliphatic heterocycles. The summed E-state index contributed by atoms with van der Waals surface area (Å²) in [4.78, 5) is 15.6. The lowest BCUT2D eigenvalue weighted by Gasteiger charge is -2.35. The number of nitrogens with zero attached hydrogens (tertiary/aromatic N) is 2. The van der Waals surface area contributed by atoms with Gasteiger partial charge in [-0.2, -0.15) is 4.98 Å². The zero-order valence-corrected chi connectivity index (χ0v) is 12.4. The second-order valence-electron chi connectivity index (χ2n) is 5.52. The molecule has 1 saturated carbocycles. The molecule has 0 bridgehead atoms. The average Bonchev–Trinajstić information content (AvgIpc) is 2.98. The monoisotopic (exact) mass is 297 g/mol. The third kappa shape index (κ3) is 4.78. The van der Waals surface area contributed by atoms with Crippen molar-refractivity contribution in [3.05, 3.63) is 12.2 Å². The molecular formula is C14H23N3O4. The first-order valence-corrected chi connectivity index (χ1v) is 7.48. The van der Waals surface area contributed by atoms with E-state index in [0.717, 1.165) is 0 Å². The van der Waals surface area contributed by atoms with E-state index in [4.69, 9.17) is 4.74 Å². The lowest BCUT2D eigenvalue weighted by Crippen LogP contribution is -2.45. The molecule has 1 heterocycles. The van der Waals surface area contributed by atoms with E-state index in [9.17, 15) is 9.90 Å². The van der Waals surface area contributed by atoms with Gasteiger partial charge in [0.25, 0.3) is 0 Å². The predicted molar refractivity (Wildman–Crippen MR) is 74.4 cm³/mol. The number of aliphatic hydroxyl groups is 1. The molecule has 0 unspecified atom stereocenters. The third-order valence-corrected chi connectivity index (χ3v) is 3.92. The van der Waals surface area contributed by atoms with E-state index in [0.29, 0.717) is 57.6 Å². The molecule has 1 aliphatic rings. The van der Waals surface area contributed by atoms with E-state index < -0.39 is 5.60 Å². The molecule has 1 aromatic rings. The van der Waals surface area contributed by atoms with Crippen molar-refractivity contribution in [2.45, 2.75) is 44.6 Å². The molecule has 0 spiro atoms. The lowest BCUT2D eigenvalue weighted by atomic mass is 9.79. The minimum Gasteiger partial charge on any atom is -0.466 e. The summed E-state index contributed by atoms with van der Waals surface area (Å²) in [6, 6.07) is 0. The summed E-state index contributed by atoms with van der Waals surface area (Å²) in [7, 11) is 0. The molecule has 0 amide bonds. The van der Waals surface area contributed by atoms with Gasteiger partial charge in [-0.05, 0) is 32.6 Å². The molecule has 0 radical (unpaired) electrons. The first kappa shape index (κ1) is 15.9. The Balaban J connectivity index is 1.66. The van der Waals surface area contributed by atoms with Gasteiger partial charge in [0.15, 0.2) is 5.82 Å². The van der Waals surface area contributed by atoms with Crippen LogP contribution >= 0.6 is 0 Å². The molecule has 1 fully saturated rings. The maximum absolute atomic E-state index is 11.7. The van der Waals surface area contributed by atoms with Gasteiger partial charge >= 0.3 is 5.97 Å².